The molecule has 4 amide bonds. The number of hydrogen-bond acceptors (Lipinski definition) is 8. The van der Waals surface area contributed by atoms with Crippen LogP contribution in [0.2, 0.25) is 0 Å². The first kappa shape index (κ1) is 44.7. The van der Waals surface area contributed by atoms with E-state index in [2.05, 4.69) is 105 Å². The summed E-state index contributed by atoms with van der Waals surface area (Å²) < 4.78 is 9.86. The fourth-order valence-electron chi connectivity index (χ4n) is 14.7. The Morgan fingerprint density at radius 3 is 1.60 bits per heavy atom. The number of imidazole rings is 2. The number of nitrogens with zero attached hydrogens (tertiary/aromatic N) is 4. The molecule has 14 nitrogen and oxygen atoms in total. The SMILES string of the molecule is COC(=O)N[C@@H]1C(=O)N2C3C(CCCC3C1C)C[C@H]2c1ncc(-c2ccc(-c3cc4ccc3CCc3ccc(c(-c5cnc([C@@H]6CC7CCCC8C(C)[C@H](NC(=O)OC)C(=O)N6C78)[nH]5)c3)CC4)cc2)[nH]1. The Morgan fingerprint density at radius 2 is 1.07 bits per heavy atom. The third-order valence-electron chi connectivity index (χ3n) is 18.1. The topological polar surface area (TPSA) is 175 Å². The van der Waals surface area contributed by atoms with Crippen LogP contribution in [0.25, 0.3) is 33.6 Å². The molecule has 14 heteroatoms. The zero-order valence-corrected chi connectivity index (χ0v) is 40.6. The van der Waals surface area contributed by atoms with E-state index in [4.69, 9.17) is 19.4 Å². The molecule has 364 valence electrons. The number of carbonyl (C=O) groups is 4. The molecule has 15 rings (SSSR count). The van der Waals surface area contributed by atoms with Gasteiger partial charge in [0.05, 0.1) is 50.1 Å². The number of carbonyl (C=O) groups excluding carboxylic acids is 4. The van der Waals surface area contributed by atoms with Crippen molar-refractivity contribution >= 4 is 24.0 Å². The fourth-order valence-corrected chi connectivity index (χ4v) is 14.7. The van der Waals surface area contributed by atoms with Gasteiger partial charge in [-0.3, -0.25) is 9.59 Å². The van der Waals surface area contributed by atoms with Crippen molar-refractivity contribution in [3.05, 3.63) is 107 Å². The standard InChI is InChI=1S/C56H64N8O6/c1-29-39-9-5-7-37-25-45(63(49(37)39)53(65)47(29)61-55(67)69-3)51-57-27-43(59-51)36-21-19-34(20-22-36)41-23-31-11-15-33(41)16-12-32-14-18-35(17-13-31)42(24-32)44-28-58-52(60-44)46-26-38-8-6-10-40-30(2)48(62-56(68)70-4)54(66)64(46)50(38)40/h11,14-15,18-24,27-30,37-40,45-50H,5-10,12-13,16-17,25-26H2,1-4H3,(H,57,59)(H,58,60)(H,61,67)(H,62,68)/t29?,30?,37?,38?,39?,40?,45-,46-,47-,48-,49?,50?/m0/s1. The molecule has 2 aromatic heterocycles. The van der Waals surface area contributed by atoms with E-state index in [1.165, 1.54) is 47.6 Å². The molecule has 0 radical (unpaired) electrons. The van der Waals surface area contributed by atoms with Crippen LogP contribution >= 0.6 is 0 Å². The minimum atomic E-state index is -0.618. The molecule has 4 aliphatic heterocycles. The van der Waals surface area contributed by atoms with E-state index < -0.39 is 24.3 Å². The van der Waals surface area contributed by atoms with E-state index in [9.17, 15) is 19.2 Å². The number of piperidine rings is 2. The summed E-state index contributed by atoms with van der Waals surface area (Å²) in [5.74, 6) is 3.11. The number of nitrogens with one attached hydrogen (secondary N) is 4. The molecule has 3 aromatic carbocycles. The number of amides is 4. The number of H-pyrrole nitrogens is 2. The lowest BCUT2D eigenvalue weighted by Crippen LogP contribution is -2.63. The van der Waals surface area contributed by atoms with Crippen LogP contribution in [0.3, 0.4) is 0 Å². The number of alkyl carbamates (subject to hydrolysis) is 2. The molecule has 2 saturated carbocycles. The Morgan fingerprint density at radius 1 is 0.600 bits per heavy atom. The van der Waals surface area contributed by atoms with Crippen molar-refractivity contribution in [3.8, 4) is 33.6 Å². The van der Waals surface area contributed by atoms with Gasteiger partial charge in [0, 0.05) is 17.6 Å². The molecule has 6 heterocycles. The number of hydrogen-bond donors (Lipinski definition) is 4. The summed E-state index contributed by atoms with van der Waals surface area (Å²) in [7, 11) is 2.68. The van der Waals surface area contributed by atoms with Gasteiger partial charge in [-0.1, -0.05) is 81.3 Å². The maximum absolute atomic E-state index is 14.3. The first-order valence-electron chi connectivity index (χ1n) is 25.8. The van der Waals surface area contributed by atoms with E-state index in [1.54, 1.807) is 0 Å². The Bertz CT molecular complexity index is 2850. The quantitative estimate of drug-likeness (QED) is 0.125. The lowest BCUT2D eigenvalue weighted by atomic mass is 9.68. The summed E-state index contributed by atoms with van der Waals surface area (Å²) in [6.45, 7) is 4.21. The van der Waals surface area contributed by atoms with Crippen molar-refractivity contribution in [3.63, 3.8) is 0 Å². The predicted octanol–water partition coefficient (Wildman–Crippen LogP) is 8.88. The molecule has 4 N–H and O–H groups in total. The van der Waals surface area contributed by atoms with Gasteiger partial charge < -0.3 is 39.9 Å². The molecule has 5 aromatic rings. The van der Waals surface area contributed by atoms with Gasteiger partial charge >= 0.3 is 12.2 Å². The largest absolute Gasteiger partial charge is 0.453 e. The maximum Gasteiger partial charge on any atom is 0.407 e. The van der Waals surface area contributed by atoms with E-state index in [1.807, 2.05) is 12.4 Å². The average Bonchev–Trinajstić information content (AvgIpc) is 4.21. The van der Waals surface area contributed by atoms with Crippen LogP contribution in [-0.2, 0) is 44.7 Å². The molecule has 10 aliphatic rings. The van der Waals surface area contributed by atoms with Crippen LogP contribution in [0.4, 0.5) is 9.59 Å². The first-order chi connectivity index (χ1) is 34.1. The summed E-state index contributed by atoms with van der Waals surface area (Å²) in [6, 6.07) is 21.4. The molecule has 70 heavy (non-hydrogen) atoms. The van der Waals surface area contributed by atoms with Gasteiger partial charge in [0.15, 0.2) is 0 Å². The highest BCUT2D eigenvalue weighted by molar-refractivity contribution is 5.89. The van der Waals surface area contributed by atoms with Crippen molar-refractivity contribution in [2.75, 3.05) is 14.2 Å². The number of benzene rings is 3. The van der Waals surface area contributed by atoms with Gasteiger partial charge in [-0.05, 0) is 145 Å². The molecular formula is C56H64N8O6. The van der Waals surface area contributed by atoms with Crippen molar-refractivity contribution in [1.29, 1.82) is 0 Å². The van der Waals surface area contributed by atoms with Crippen molar-refractivity contribution < 1.29 is 28.7 Å². The maximum atomic E-state index is 14.3. The van der Waals surface area contributed by atoms with Gasteiger partial charge in [0.1, 0.15) is 23.7 Å². The molecule has 6 fully saturated rings. The highest BCUT2D eigenvalue weighted by atomic mass is 16.5. The Labute approximate surface area is 409 Å². The van der Waals surface area contributed by atoms with Gasteiger partial charge in [0.2, 0.25) is 11.8 Å². The predicted molar refractivity (Wildman–Crippen MR) is 263 cm³/mol. The summed E-state index contributed by atoms with van der Waals surface area (Å²) in [5, 5.41) is 5.75. The molecule has 4 bridgehead atoms. The fraction of sp³-hybridized carbons (Fsp3) is 0.500. The van der Waals surface area contributed by atoms with Crippen molar-refractivity contribution in [2.24, 2.45) is 35.5 Å². The van der Waals surface area contributed by atoms with Gasteiger partial charge in [-0.15, -0.1) is 0 Å². The summed E-state index contributed by atoms with van der Waals surface area (Å²) >= 11 is 0. The third kappa shape index (κ3) is 7.49. The minimum absolute atomic E-state index is 0.0326. The molecule has 0 spiro atoms. The molecular weight excluding hydrogens is 881 g/mol. The van der Waals surface area contributed by atoms with E-state index in [0.717, 1.165) is 111 Å². The lowest BCUT2D eigenvalue weighted by Gasteiger charge is -2.49. The van der Waals surface area contributed by atoms with E-state index in [0.29, 0.717) is 23.7 Å². The van der Waals surface area contributed by atoms with Gasteiger partial charge in [0.25, 0.3) is 0 Å². The van der Waals surface area contributed by atoms with Crippen molar-refractivity contribution in [2.45, 2.75) is 127 Å². The number of ether oxygens (including phenoxy) is 2. The zero-order valence-electron chi connectivity index (χ0n) is 40.6. The van der Waals surface area contributed by atoms with Crippen LogP contribution < -0.4 is 10.6 Å². The normalized spacial score (nSPS) is 30.9. The second-order valence-corrected chi connectivity index (χ2v) is 21.6. The number of rotatable bonds is 7. The Hall–Kier alpha value is -6.44. The Kier molecular flexibility index (Phi) is 11.3. The lowest BCUT2D eigenvalue weighted by molar-refractivity contribution is -0.148. The van der Waals surface area contributed by atoms with Crippen LogP contribution in [0, 0.1) is 35.5 Å². The second-order valence-electron chi connectivity index (χ2n) is 21.6. The van der Waals surface area contributed by atoms with E-state index in [-0.39, 0.29) is 47.8 Å². The highest BCUT2D eigenvalue weighted by Crippen LogP contribution is 2.55. The van der Waals surface area contributed by atoms with Gasteiger partial charge in [-0.25, -0.2) is 19.6 Å². The van der Waals surface area contributed by atoms with Crippen LogP contribution in [-0.4, -0.2) is 92.1 Å². The first-order valence-corrected chi connectivity index (χ1v) is 25.8. The number of aromatic amines is 2. The minimum Gasteiger partial charge on any atom is -0.453 e. The summed E-state index contributed by atoms with van der Waals surface area (Å²) in [4.78, 5) is 74.6. The highest BCUT2D eigenvalue weighted by Gasteiger charge is 2.59. The zero-order chi connectivity index (χ0) is 47.9. The third-order valence-corrected chi connectivity index (χ3v) is 18.1. The summed E-state index contributed by atoms with van der Waals surface area (Å²) in [6.07, 6.45) is 14.5. The smallest absolute Gasteiger partial charge is 0.407 e. The number of aromatic nitrogens is 4. The monoisotopic (exact) mass is 944 g/mol. The number of methoxy groups -OCH3 is 2. The molecule has 6 aliphatic carbocycles. The average molecular weight is 945 g/mol. The Balaban J connectivity index is 0.764. The van der Waals surface area contributed by atoms with Crippen molar-refractivity contribution in [1.82, 2.24) is 40.4 Å². The molecule has 4 saturated heterocycles. The number of aryl methyl sites for hydroxylation is 4. The van der Waals surface area contributed by atoms with Gasteiger partial charge in [-0.2, -0.15) is 0 Å². The summed E-state index contributed by atoms with van der Waals surface area (Å²) in [5.41, 5.74) is 11.6. The van der Waals surface area contributed by atoms with Crippen LogP contribution in [0.5, 0.6) is 0 Å². The molecule has 12 atom stereocenters. The van der Waals surface area contributed by atoms with Crippen LogP contribution in [0.1, 0.15) is 111 Å². The molecule has 8 unspecified atom stereocenters. The second kappa shape index (κ2) is 17.8. The van der Waals surface area contributed by atoms with E-state index >= 15 is 0 Å². The van der Waals surface area contributed by atoms with Crippen LogP contribution in [0.15, 0.2) is 73.1 Å².